The van der Waals surface area contributed by atoms with Crippen molar-refractivity contribution in [2.45, 2.75) is 13.1 Å². The molecule has 0 aliphatic carbocycles. The number of fused-ring (bicyclic) bond motifs is 6. The Balaban J connectivity index is 1.53. The molecular formula is C29H38N6O. The molecule has 3 aromatic carbocycles. The van der Waals surface area contributed by atoms with E-state index in [1.165, 1.54) is 32.7 Å². The molecule has 0 fully saturated rings. The minimum Gasteiger partial charge on any atom is -0.492 e. The third-order valence-corrected chi connectivity index (χ3v) is 6.88. The fraction of sp³-hybridized carbons (Fsp3) is 0.379. The molecule has 0 unspecified atom stereocenters. The molecule has 0 radical (unpaired) electrons. The summed E-state index contributed by atoms with van der Waals surface area (Å²) in [6.07, 6.45) is 0. The smallest absolute Gasteiger partial charge is 0.166 e. The predicted molar refractivity (Wildman–Crippen MR) is 152 cm³/mol. The van der Waals surface area contributed by atoms with Gasteiger partial charge in [0.2, 0.25) is 0 Å². The lowest BCUT2D eigenvalue weighted by molar-refractivity contribution is 0.400. The first kappa shape index (κ1) is 24.6. The summed E-state index contributed by atoms with van der Waals surface area (Å²) in [5.74, 6) is 0.867. The molecule has 0 aliphatic rings. The van der Waals surface area contributed by atoms with Crippen LogP contribution in [0.2, 0.25) is 0 Å². The van der Waals surface area contributed by atoms with Gasteiger partial charge in [-0.1, -0.05) is 12.1 Å². The topological polar surface area (TPSA) is 71.3 Å². The van der Waals surface area contributed by atoms with Crippen molar-refractivity contribution in [1.82, 2.24) is 30.4 Å². The molecule has 4 N–H and O–H groups in total. The number of methoxy groups -OCH3 is 1. The summed E-state index contributed by atoms with van der Waals surface area (Å²) in [6, 6.07) is 15.7. The van der Waals surface area contributed by atoms with Crippen LogP contribution in [-0.4, -0.2) is 81.2 Å². The van der Waals surface area contributed by atoms with E-state index in [4.69, 9.17) is 4.74 Å². The molecule has 0 aliphatic heterocycles. The number of ether oxygens (including phenoxy) is 1. The van der Waals surface area contributed by atoms with Gasteiger partial charge in [0.25, 0.3) is 0 Å². The van der Waals surface area contributed by atoms with Crippen molar-refractivity contribution in [2.24, 2.45) is 0 Å². The summed E-state index contributed by atoms with van der Waals surface area (Å²) in [5, 5.41) is 12.0. The van der Waals surface area contributed by atoms with Crippen LogP contribution in [0.1, 0.15) is 11.1 Å². The quantitative estimate of drug-likeness (QED) is 0.210. The van der Waals surface area contributed by atoms with E-state index in [1.54, 1.807) is 7.11 Å². The molecule has 0 bridgehead atoms. The first-order valence-corrected chi connectivity index (χ1v) is 12.7. The maximum Gasteiger partial charge on any atom is 0.166 e. The normalized spacial score (nSPS) is 12.3. The summed E-state index contributed by atoms with van der Waals surface area (Å²) >= 11 is 0. The number of aromatic nitrogens is 2. The lowest BCUT2D eigenvalue weighted by Gasteiger charge is -2.10. The zero-order valence-electron chi connectivity index (χ0n) is 22.1. The van der Waals surface area contributed by atoms with E-state index in [0.29, 0.717) is 0 Å². The largest absolute Gasteiger partial charge is 0.492 e. The number of likely N-dealkylation sites (N-methyl/N-ethyl adjacent to an activating group) is 2. The molecule has 190 valence electrons. The van der Waals surface area contributed by atoms with Gasteiger partial charge >= 0.3 is 0 Å². The first-order chi connectivity index (χ1) is 17.4. The molecule has 0 saturated heterocycles. The molecule has 2 heterocycles. The second-order valence-electron chi connectivity index (χ2n) is 10.2. The average molecular weight is 487 g/mol. The van der Waals surface area contributed by atoms with Crippen molar-refractivity contribution in [3.05, 3.63) is 53.6 Å². The molecule has 0 amide bonds. The minimum atomic E-state index is 0.854. The van der Waals surface area contributed by atoms with E-state index < -0.39 is 0 Å². The zero-order chi connectivity index (χ0) is 25.2. The van der Waals surface area contributed by atoms with E-state index in [1.807, 2.05) is 0 Å². The van der Waals surface area contributed by atoms with Crippen molar-refractivity contribution in [3.63, 3.8) is 0 Å². The SMILES string of the molecule is COc1c2[nH]c3ccc(CNCCN(C)C)cc3c2cc2c1[nH]c1ccc(CNCCN(C)C)cc12. The summed E-state index contributed by atoms with van der Waals surface area (Å²) in [4.78, 5) is 11.6. The van der Waals surface area contributed by atoms with Crippen LogP contribution in [-0.2, 0) is 13.1 Å². The summed E-state index contributed by atoms with van der Waals surface area (Å²) in [5.41, 5.74) is 6.90. The summed E-state index contributed by atoms with van der Waals surface area (Å²) in [6.45, 7) is 5.70. The fourth-order valence-corrected chi connectivity index (χ4v) is 4.94. The lowest BCUT2D eigenvalue weighted by Crippen LogP contribution is -2.26. The third-order valence-electron chi connectivity index (χ3n) is 6.88. The van der Waals surface area contributed by atoms with Crippen LogP contribution in [0.4, 0.5) is 0 Å². The number of hydrogen-bond donors (Lipinski definition) is 4. The number of nitrogens with one attached hydrogen (secondary N) is 4. The van der Waals surface area contributed by atoms with E-state index >= 15 is 0 Å². The van der Waals surface area contributed by atoms with Crippen LogP contribution in [0.5, 0.6) is 5.75 Å². The number of benzene rings is 3. The average Bonchev–Trinajstić information content (AvgIpc) is 3.40. The minimum absolute atomic E-state index is 0.854. The van der Waals surface area contributed by atoms with Gasteiger partial charge < -0.3 is 35.1 Å². The van der Waals surface area contributed by atoms with E-state index in [2.05, 4.69) is 101 Å². The monoisotopic (exact) mass is 486 g/mol. The van der Waals surface area contributed by atoms with Gasteiger partial charge in [0.15, 0.2) is 5.75 Å². The van der Waals surface area contributed by atoms with Crippen LogP contribution in [0.25, 0.3) is 43.6 Å². The number of hydrogen-bond acceptors (Lipinski definition) is 5. The summed E-state index contributed by atoms with van der Waals surface area (Å²) in [7, 11) is 10.2. The van der Waals surface area contributed by atoms with Gasteiger partial charge in [-0.05, 0) is 69.6 Å². The van der Waals surface area contributed by atoms with Crippen LogP contribution in [0.3, 0.4) is 0 Å². The highest BCUT2D eigenvalue weighted by molar-refractivity contribution is 6.20. The van der Waals surface area contributed by atoms with Gasteiger partial charge in [-0.2, -0.15) is 0 Å². The van der Waals surface area contributed by atoms with E-state index in [-0.39, 0.29) is 0 Å². The Morgan fingerprint density at radius 1 is 0.667 bits per heavy atom. The Morgan fingerprint density at radius 2 is 1.14 bits per heavy atom. The fourth-order valence-electron chi connectivity index (χ4n) is 4.94. The highest BCUT2D eigenvalue weighted by atomic mass is 16.5. The molecule has 7 nitrogen and oxygen atoms in total. The highest BCUT2D eigenvalue weighted by Crippen LogP contribution is 2.41. The summed E-state index contributed by atoms with van der Waals surface area (Å²) < 4.78 is 5.97. The van der Waals surface area contributed by atoms with E-state index in [0.717, 1.165) is 67.1 Å². The Kier molecular flexibility index (Phi) is 7.16. The molecule has 5 aromatic rings. The Labute approximate surface area is 212 Å². The number of aromatic amines is 2. The van der Waals surface area contributed by atoms with Crippen molar-refractivity contribution in [1.29, 1.82) is 0 Å². The predicted octanol–water partition coefficient (Wildman–Crippen LogP) is 4.27. The van der Waals surface area contributed by atoms with Crippen LogP contribution >= 0.6 is 0 Å². The van der Waals surface area contributed by atoms with Crippen molar-refractivity contribution in [2.75, 3.05) is 61.5 Å². The van der Waals surface area contributed by atoms with E-state index in [9.17, 15) is 0 Å². The van der Waals surface area contributed by atoms with Gasteiger partial charge in [0.05, 0.1) is 18.1 Å². The molecule has 0 spiro atoms. The molecule has 5 rings (SSSR count). The van der Waals surface area contributed by atoms with Gasteiger partial charge in [-0.3, -0.25) is 0 Å². The van der Waals surface area contributed by atoms with Crippen molar-refractivity contribution < 1.29 is 4.74 Å². The van der Waals surface area contributed by atoms with Gasteiger partial charge in [-0.15, -0.1) is 0 Å². The molecular weight excluding hydrogens is 448 g/mol. The maximum absolute atomic E-state index is 5.97. The molecule has 7 heteroatoms. The number of nitrogens with zero attached hydrogens (tertiary/aromatic N) is 2. The molecule has 36 heavy (non-hydrogen) atoms. The Bertz CT molecular complexity index is 1390. The van der Waals surface area contributed by atoms with Crippen molar-refractivity contribution >= 4 is 43.6 Å². The molecule has 0 saturated carbocycles. The molecule has 2 aromatic heterocycles. The van der Waals surface area contributed by atoms with Gasteiger partial charge in [0, 0.05) is 71.8 Å². The second-order valence-corrected chi connectivity index (χ2v) is 10.2. The Morgan fingerprint density at radius 3 is 1.56 bits per heavy atom. The number of H-pyrrole nitrogens is 2. The first-order valence-electron chi connectivity index (χ1n) is 12.7. The van der Waals surface area contributed by atoms with Gasteiger partial charge in [-0.25, -0.2) is 0 Å². The van der Waals surface area contributed by atoms with Crippen LogP contribution in [0.15, 0.2) is 42.5 Å². The third kappa shape index (κ3) is 4.92. The van der Waals surface area contributed by atoms with Crippen LogP contribution in [0, 0.1) is 0 Å². The van der Waals surface area contributed by atoms with Crippen molar-refractivity contribution in [3.8, 4) is 5.75 Å². The second kappa shape index (κ2) is 10.5. The highest BCUT2D eigenvalue weighted by Gasteiger charge is 2.17. The zero-order valence-corrected chi connectivity index (χ0v) is 22.1. The maximum atomic E-state index is 5.97. The Hall–Kier alpha value is -3.10. The number of rotatable bonds is 11. The molecule has 0 atom stereocenters. The standard InChI is InChI=1S/C29H38N6O/c1-34(2)12-10-30-17-19-6-8-25-21(14-19)23-16-24-22-15-20(18-31-11-13-35(3)4)7-9-26(22)33-28(24)29(36-5)27(23)32-25/h6-9,14-16,30-33H,10-13,17-18H2,1-5H3. The lowest BCUT2D eigenvalue weighted by atomic mass is 10.0. The van der Waals surface area contributed by atoms with Crippen LogP contribution < -0.4 is 15.4 Å². The van der Waals surface area contributed by atoms with Gasteiger partial charge in [0.1, 0.15) is 0 Å².